The van der Waals surface area contributed by atoms with Crippen LogP contribution in [0, 0.1) is 0 Å². The Labute approximate surface area is 341 Å². The zero-order valence-corrected chi connectivity index (χ0v) is 32.4. The van der Waals surface area contributed by atoms with E-state index in [-0.39, 0.29) is 0 Å². The third-order valence-corrected chi connectivity index (χ3v) is 11.3. The second-order valence-electron chi connectivity index (χ2n) is 15.2. The third kappa shape index (κ3) is 5.76. The number of fused-ring (bicyclic) bond motifs is 5. The van der Waals surface area contributed by atoms with E-state index < -0.39 is 5.41 Å². The lowest BCUT2D eigenvalue weighted by Crippen LogP contribution is -2.31. The van der Waals surface area contributed by atoms with Crippen LogP contribution in [0.15, 0.2) is 182 Å². The van der Waals surface area contributed by atoms with Crippen molar-refractivity contribution in [3.05, 3.63) is 193 Å². The molecule has 1 aliphatic heterocycles. The predicted octanol–water partition coefficient (Wildman–Crippen LogP) is 11.9. The zero-order chi connectivity index (χ0) is 39.5. The maximum Gasteiger partial charge on any atom is 0.238 e. The molecule has 0 unspecified atom stereocenters. The Bertz CT molecular complexity index is 3070. The molecule has 0 bridgehead atoms. The van der Waals surface area contributed by atoms with E-state index in [1.165, 1.54) is 0 Å². The normalized spacial score (nSPS) is 13.0. The van der Waals surface area contributed by atoms with Crippen molar-refractivity contribution in [3.63, 3.8) is 0 Å². The molecule has 1 aliphatic rings. The molecule has 0 saturated heterocycles. The van der Waals surface area contributed by atoms with Crippen molar-refractivity contribution in [2.75, 3.05) is 4.90 Å². The summed E-state index contributed by atoms with van der Waals surface area (Å²) in [6.45, 7) is 4.59. The lowest BCUT2D eigenvalue weighted by molar-refractivity contribution is 0.631. The van der Waals surface area contributed by atoms with E-state index in [9.17, 15) is 0 Å². The van der Waals surface area contributed by atoms with Gasteiger partial charge < -0.3 is 0 Å². The molecular formula is C51H36N8. The number of aromatic nitrogens is 7. The molecule has 0 amide bonds. The van der Waals surface area contributed by atoms with Crippen molar-refractivity contribution in [1.29, 1.82) is 0 Å². The molecule has 10 aromatic rings. The summed E-state index contributed by atoms with van der Waals surface area (Å²) in [5.74, 6) is 3.52. The van der Waals surface area contributed by atoms with Crippen molar-refractivity contribution < 1.29 is 0 Å². The van der Waals surface area contributed by atoms with Crippen molar-refractivity contribution in [3.8, 4) is 51.5 Å². The van der Waals surface area contributed by atoms with E-state index in [0.29, 0.717) is 35.2 Å². The molecule has 8 heteroatoms. The minimum atomic E-state index is -0.404. The molecule has 11 rings (SSSR count). The molecule has 0 atom stereocenters. The number of hydrogen-bond acceptors (Lipinski definition) is 7. The minimum absolute atomic E-state index is 0.404. The van der Waals surface area contributed by atoms with Crippen LogP contribution in [0.2, 0.25) is 0 Å². The van der Waals surface area contributed by atoms with E-state index in [0.717, 1.165) is 66.6 Å². The second kappa shape index (κ2) is 13.7. The van der Waals surface area contributed by atoms with Gasteiger partial charge in [-0.3, -0.25) is 9.47 Å². The Morgan fingerprint density at radius 3 is 1.32 bits per heavy atom. The summed E-state index contributed by atoms with van der Waals surface area (Å²) in [5, 5.41) is 2.14. The smallest absolute Gasteiger partial charge is 0.238 e. The number of anilines is 3. The van der Waals surface area contributed by atoms with Crippen LogP contribution in [0.5, 0.6) is 0 Å². The first-order valence-corrected chi connectivity index (χ1v) is 19.7. The van der Waals surface area contributed by atoms with Gasteiger partial charge in [0.05, 0.1) is 22.4 Å². The molecule has 280 valence electrons. The van der Waals surface area contributed by atoms with Crippen LogP contribution in [0.25, 0.3) is 73.3 Å². The first-order valence-electron chi connectivity index (χ1n) is 19.7. The molecule has 0 spiro atoms. The van der Waals surface area contributed by atoms with Gasteiger partial charge in [-0.15, -0.1) is 0 Å². The van der Waals surface area contributed by atoms with Crippen LogP contribution >= 0.6 is 0 Å². The van der Waals surface area contributed by atoms with Gasteiger partial charge in [-0.2, -0.15) is 19.9 Å². The maximum absolute atomic E-state index is 5.24. The third-order valence-electron chi connectivity index (χ3n) is 11.3. The van der Waals surface area contributed by atoms with Gasteiger partial charge >= 0.3 is 0 Å². The van der Waals surface area contributed by atoms with Gasteiger partial charge in [0.25, 0.3) is 0 Å². The summed E-state index contributed by atoms with van der Waals surface area (Å²) in [6, 6.07) is 62.1. The average Bonchev–Trinajstić information content (AvgIpc) is 3.63. The molecule has 0 saturated carbocycles. The van der Waals surface area contributed by atoms with Crippen LogP contribution in [0.1, 0.15) is 25.0 Å². The number of benzene rings is 7. The Morgan fingerprint density at radius 1 is 0.356 bits per heavy atom. The van der Waals surface area contributed by atoms with Crippen molar-refractivity contribution in [2.45, 2.75) is 19.3 Å². The SMILES string of the molecule is CC1(C)c2ccccc2N(c2nc(-c3ccccc3)nc(-c3ccccc3)n2)c2cc3c4ccccc4n(-c4nc(-c5ccccc5)nc(-c5ccccc5)n4)c3cc21. The van der Waals surface area contributed by atoms with Gasteiger partial charge in [-0.25, -0.2) is 9.97 Å². The zero-order valence-electron chi connectivity index (χ0n) is 32.4. The van der Waals surface area contributed by atoms with Gasteiger partial charge in [0.15, 0.2) is 23.3 Å². The highest BCUT2D eigenvalue weighted by Gasteiger charge is 2.39. The Kier molecular flexibility index (Phi) is 7.97. The van der Waals surface area contributed by atoms with E-state index in [2.05, 4.69) is 84.0 Å². The van der Waals surface area contributed by atoms with Crippen LogP contribution in [-0.4, -0.2) is 34.5 Å². The number of hydrogen-bond donors (Lipinski definition) is 0. The van der Waals surface area contributed by atoms with Crippen molar-refractivity contribution in [1.82, 2.24) is 34.5 Å². The van der Waals surface area contributed by atoms with Crippen LogP contribution in [-0.2, 0) is 5.41 Å². The number of nitrogens with zero attached hydrogens (tertiary/aromatic N) is 8. The second-order valence-corrected chi connectivity index (χ2v) is 15.2. The van der Waals surface area contributed by atoms with E-state index >= 15 is 0 Å². The highest BCUT2D eigenvalue weighted by atomic mass is 15.3. The molecule has 3 aromatic heterocycles. The molecule has 7 aromatic carbocycles. The minimum Gasteiger partial charge on any atom is -0.278 e. The monoisotopic (exact) mass is 760 g/mol. The largest absolute Gasteiger partial charge is 0.278 e. The molecule has 0 aliphatic carbocycles. The lowest BCUT2D eigenvalue weighted by Gasteiger charge is -2.41. The molecular weight excluding hydrogens is 725 g/mol. The van der Waals surface area contributed by atoms with Crippen molar-refractivity contribution in [2.24, 2.45) is 0 Å². The summed E-state index contributed by atoms with van der Waals surface area (Å²) in [7, 11) is 0. The molecule has 59 heavy (non-hydrogen) atoms. The summed E-state index contributed by atoms with van der Waals surface area (Å²) in [5.41, 5.74) is 9.56. The number of para-hydroxylation sites is 2. The lowest BCUT2D eigenvalue weighted by atomic mass is 9.73. The van der Waals surface area contributed by atoms with Gasteiger partial charge in [-0.05, 0) is 35.4 Å². The van der Waals surface area contributed by atoms with Crippen LogP contribution in [0.4, 0.5) is 17.3 Å². The van der Waals surface area contributed by atoms with E-state index in [4.69, 9.17) is 29.9 Å². The summed E-state index contributed by atoms with van der Waals surface area (Å²) in [6.07, 6.45) is 0. The van der Waals surface area contributed by atoms with Gasteiger partial charge in [0.2, 0.25) is 11.9 Å². The highest BCUT2D eigenvalue weighted by Crippen LogP contribution is 2.53. The van der Waals surface area contributed by atoms with Gasteiger partial charge in [-0.1, -0.05) is 172 Å². The van der Waals surface area contributed by atoms with Crippen LogP contribution < -0.4 is 4.90 Å². The fraction of sp³-hybridized carbons (Fsp3) is 0.0588. The fourth-order valence-electron chi connectivity index (χ4n) is 8.39. The van der Waals surface area contributed by atoms with Crippen LogP contribution in [0.3, 0.4) is 0 Å². The standard InChI is InChI=1S/C51H36N8/c1-51(2)39-28-16-18-30-42(39)59(50-56-47(35-23-11-5-12-24-35)53-48(57-50)36-25-13-6-14-26-36)44-31-38-37-27-15-17-29-41(37)58(43(38)32-40(44)51)49-54-45(33-19-7-3-8-20-33)52-46(55-49)34-21-9-4-10-22-34/h3-32H,1-2H3. The topological polar surface area (TPSA) is 85.5 Å². The predicted molar refractivity (Wildman–Crippen MR) is 236 cm³/mol. The highest BCUT2D eigenvalue weighted by molar-refractivity contribution is 6.11. The van der Waals surface area contributed by atoms with Gasteiger partial charge in [0, 0.05) is 38.4 Å². The summed E-state index contributed by atoms with van der Waals surface area (Å²) in [4.78, 5) is 33.1. The average molecular weight is 761 g/mol. The molecule has 4 heterocycles. The molecule has 8 nitrogen and oxygen atoms in total. The van der Waals surface area contributed by atoms with Gasteiger partial charge in [0.1, 0.15) is 0 Å². The Hall–Kier alpha value is -7.84. The molecule has 0 N–H and O–H groups in total. The Balaban J connectivity index is 1.20. The van der Waals surface area contributed by atoms with Crippen molar-refractivity contribution >= 4 is 39.1 Å². The Morgan fingerprint density at radius 2 is 0.797 bits per heavy atom. The van der Waals surface area contributed by atoms with E-state index in [1.807, 2.05) is 121 Å². The molecule has 0 fully saturated rings. The quantitative estimate of drug-likeness (QED) is 0.167. The fourth-order valence-corrected chi connectivity index (χ4v) is 8.39. The summed E-state index contributed by atoms with van der Waals surface area (Å²) < 4.78 is 2.19. The first-order chi connectivity index (χ1) is 29.0. The maximum atomic E-state index is 5.24. The number of rotatable bonds is 6. The summed E-state index contributed by atoms with van der Waals surface area (Å²) >= 11 is 0. The molecule has 0 radical (unpaired) electrons. The van der Waals surface area contributed by atoms with E-state index in [1.54, 1.807) is 0 Å². The first kappa shape index (κ1) is 34.4.